The van der Waals surface area contributed by atoms with E-state index >= 15 is 0 Å². The summed E-state index contributed by atoms with van der Waals surface area (Å²) < 4.78 is 5.16. The third-order valence-electron chi connectivity index (χ3n) is 3.55. The average Bonchev–Trinajstić information content (AvgIpc) is 2.61. The second kappa shape index (κ2) is 9.51. The summed E-state index contributed by atoms with van der Waals surface area (Å²) in [6.45, 7) is 0.767. The van der Waals surface area contributed by atoms with Gasteiger partial charge in [-0.25, -0.2) is 4.79 Å². The number of hydrogen-bond acceptors (Lipinski definition) is 3. The van der Waals surface area contributed by atoms with E-state index in [4.69, 9.17) is 33.0 Å². The molecule has 0 aliphatic heterocycles. The summed E-state index contributed by atoms with van der Waals surface area (Å²) in [5.41, 5.74) is 1.49. The second-order valence-corrected chi connectivity index (χ2v) is 6.22. The van der Waals surface area contributed by atoms with Crippen molar-refractivity contribution in [3.8, 4) is 5.75 Å². The number of nitrogens with one attached hydrogen (secondary N) is 1. The van der Waals surface area contributed by atoms with Crippen molar-refractivity contribution in [2.24, 2.45) is 0 Å². The number of ether oxygens (including phenoxy) is 1. The van der Waals surface area contributed by atoms with Gasteiger partial charge < -0.3 is 20.1 Å². The first-order chi connectivity index (χ1) is 12.0. The average molecular weight is 383 g/mol. The Bertz CT molecular complexity index is 725. The number of aliphatic hydroxyl groups excluding tert-OH is 1. The van der Waals surface area contributed by atoms with Crippen LogP contribution < -0.4 is 10.1 Å². The van der Waals surface area contributed by atoms with Crippen LogP contribution in [0.2, 0.25) is 10.0 Å². The Morgan fingerprint density at radius 1 is 1.20 bits per heavy atom. The summed E-state index contributed by atoms with van der Waals surface area (Å²) in [4.78, 5) is 14.2. The monoisotopic (exact) mass is 382 g/mol. The number of rotatable bonds is 7. The Kier molecular flexibility index (Phi) is 7.37. The van der Waals surface area contributed by atoms with Crippen molar-refractivity contribution in [3.63, 3.8) is 0 Å². The van der Waals surface area contributed by atoms with Crippen LogP contribution in [0.5, 0.6) is 5.75 Å². The molecule has 2 aromatic rings. The van der Waals surface area contributed by atoms with Crippen LogP contribution in [0, 0.1) is 0 Å². The largest absolute Gasteiger partial charge is 0.497 e. The molecule has 0 saturated heterocycles. The topological polar surface area (TPSA) is 61.8 Å². The maximum absolute atomic E-state index is 12.6. The Balaban J connectivity index is 2.11. The molecule has 0 aromatic heterocycles. The molecule has 0 radical (unpaired) electrons. The van der Waals surface area contributed by atoms with Gasteiger partial charge in [-0.05, 0) is 36.2 Å². The van der Waals surface area contributed by atoms with Gasteiger partial charge in [0.25, 0.3) is 0 Å². The first kappa shape index (κ1) is 19.4. The molecule has 0 spiro atoms. The molecule has 2 amide bonds. The highest BCUT2D eigenvalue weighted by atomic mass is 35.5. The van der Waals surface area contributed by atoms with Crippen molar-refractivity contribution in [1.82, 2.24) is 4.90 Å². The molecule has 7 heteroatoms. The van der Waals surface area contributed by atoms with Crippen LogP contribution in [0.3, 0.4) is 0 Å². The fourth-order valence-corrected chi connectivity index (χ4v) is 2.60. The molecule has 0 bridgehead atoms. The number of methoxy groups -OCH3 is 1. The highest BCUT2D eigenvalue weighted by Crippen LogP contribution is 2.24. The Labute approximate surface area is 157 Å². The molecule has 0 unspecified atom stereocenters. The van der Waals surface area contributed by atoms with Crippen molar-refractivity contribution in [1.29, 1.82) is 0 Å². The number of amides is 2. The van der Waals surface area contributed by atoms with E-state index in [1.807, 2.05) is 6.07 Å². The molecule has 25 heavy (non-hydrogen) atoms. The number of hydrogen-bond donors (Lipinski definition) is 2. The van der Waals surface area contributed by atoms with E-state index in [2.05, 4.69) is 5.32 Å². The number of carbonyl (C=O) groups is 1. The first-order valence-corrected chi connectivity index (χ1v) is 8.54. The van der Waals surface area contributed by atoms with Gasteiger partial charge in [0.1, 0.15) is 5.75 Å². The third-order valence-corrected chi connectivity index (χ3v) is 4.29. The number of nitrogens with zero attached hydrogens (tertiary/aromatic N) is 1. The fourth-order valence-electron chi connectivity index (χ4n) is 2.28. The van der Waals surface area contributed by atoms with Gasteiger partial charge in [0.05, 0.1) is 17.2 Å². The molecule has 0 fully saturated rings. The number of halogens is 2. The Morgan fingerprint density at radius 3 is 2.68 bits per heavy atom. The van der Waals surface area contributed by atoms with E-state index in [0.717, 1.165) is 5.56 Å². The normalized spacial score (nSPS) is 10.4. The summed E-state index contributed by atoms with van der Waals surface area (Å²) in [5, 5.41) is 12.8. The minimum Gasteiger partial charge on any atom is -0.497 e. The van der Waals surface area contributed by atoms with Crippen LogP contribution in [0.25, 0.3) is 0 Å². The molecule has 2 aromatic carbocycles. The van der Waals surface area contributed by atoms with Gasteiger partial charge >= 0.3 is 6.03 Å². The lowest BCUT2D eigenvalue weighted by Crippen LogP contribution is -2.35. The molecule has 5 nitrogen and oxygen atoms in total. The summed E-state index contributed by atoms with van der Waals surface area (Å²) >= 11 is 12.0. The zero-order valence-electron chi connectivity index (χ0n) is 13.8. The second-order valence-electron chi connectivity index (χ2n) is 5.41. The first-order valence-electron chi connectivity index (χ1n) is 7.78. The smallest absolute Gasteiger partial charge is 0.322 e. The van der Waals surface area contributed by atoms with Gasteiger partial charge in [-0.2, -0.15) is 0 Å². The molecule has 0 heterocycles. The minimum absolute atomic E-state index is 0.00428. The maximum atomic E-state index is 12.6. The van der Waals surface area contributed by atoms with Crippen LogP contribution in [0.4, 0.5) is 10.5 Å². The van der Waals surface area contributed by atoms with Crippen molar-refractivity contribution < 1.29 is 14.6 Å². The molecule has 2 rings (SSSR count). The fraction of sp³-hybridized carbons (Fsp3) is 0.278. The van der Waals surface area contributed by atoms with Gasteiger partial charge in [-0.15, -0.1) is 0 Å². The predicted octanol–water partition coefficient (Wildman–Crippen LogP) is 4.42. The van der Waals surface area contributed by atoms with Crippen molar-refractivity contribution in [2.75, 3.05) is 25.6 Å². The Hall–Kier alpha value is -1.95. The molecular weight excluding hydrogens is 363 g/mol. The SMILES string of the molecule is COc1cccc(NC(=O)N(CCCO)Cc2ccc(Cl)c(Cl)c2)c1. The molecule has 0 aliphatic rings. The number of anilines is 1. The van der Waals surface area contributed by atoms with E-state index in [-0.39, 0.29) is 12.6 Å². The molecule has 2 N–H and O–H groups in total. The van der Waals surface area contributed by atoms with Gasteiger partial charge in [-0.3, -0.25) is 0 Å². The van der Waals surface area contributed by atoms with E-state index in [1.165, 1.54) is 0 Å². The summed E-state index contributed by atoms with van der Waals surface area (Å²) in [6.07, 6.45) is 0.479. The van der Waals surface area contributed by atoms with Crippen molar-refractivity contribution in [2.45, 2.75) is 13.0 Å². The lowest BCUT2D eigenvalue weighted by Gasteiger charge is -2.23. The number of aliphatic hydroxyl groups is 1. The summed E-state index contributed by atoms with van der Waals surface area (Å²) in [6, 6.07) is 12.1. The molecule has 0 saturated carbocycles. The van der Waals surface area contributed by atoms with E-state index in [0.29, 0.717) is 41.0 Å². The number of carbonyl (C=O) groups excluding carboxylic acids is 1. The number of urea groups is 1. The van der Waals surface area contributed by atoms with Crippen LogP contribution >= 0.6 is 23.2 Å². The van der Waals surface area contributed by atoms with E-state index in [9.17, 15) is 4.79 Å². The standard InChI is InChI=1S/C18H20Cl2N2O3/c1-25-15-5-2-4-14(11-15)21-18(24)22(8-3-9-23)12-13-6-7-16(19)17(20)10-13/h2,4-7,10-11,23H,3,8-9,12H2,1H3,(H,21,24). The van der Waals surface area contributed by atoms with Crippen LogP contribution in [0.1, 0.15) is 12.0 Å². The van der Waals surface area contributed by atoms with Crippen LogP contribution in [-0.2, 0) is 6.54 Å². The number of benzene rings is 2. The quantitative estimate of drug-likeness (QED) is 0.744. The molecule has 0 atom stereocenters. The summed E-state index contributed by atoms with van der Waals surface area (Å²) in [7, 11) is 1.57. The van der Waals surface area contributed by atoms with Gasteiger partial charge in [-0.1, -0.05) is 35.3 Å². The zero-order valence-corrected chi connectivity index (χ0v) is 15.3. The van der Waals surface area contributed by atoms with E-state index in [1.54, 1.807) is 48.4 Å². The van der Waals surface area contributed by atoms with Crippen molar-refractivity contribution in [3.05, 3.63) is 58.1 Å². The van der Waals surface area contributed by atoms with Gasteiger partial charge in [0.15, 0.2) is 0 Å². The molecule has 0 aliphatic carbocycles. The highest BCUT2D eigenvalue weighted by molar-refractivity contribution is 6.42. The van der Waals surface area contributed by atoms with E-state index < -0.39 is 0 Å². The Morgan fingerprint density at radius 2 is 2.00 bits per heavy atom. The predicted molar refractivity (Wildman–Crippen MR) is 101 cm³/mol. The lowest BCUT2D eigenvalue weighted by atomic mass is 10.2. The van der Waals surface area contributed by atoms with Gasteiger partial charge in [0.2, 0.25) is 0 Å². The highest BCUT2D eigenvalue weighted by Gasteiger charge is 2.15. The van der Waals surface area contributed by atoms with Gasteiger partial charge in [0, 0.05) is 31.5 Å². The van der Waals surface area contributed by atoms with Crippen LogP contribution in [-0.4, -0.2) is 36.3 Å². The zero-order chi connectivity index (χ0) is 18.2. The third kappa shape index (κ3) is 5.81. The molecular formula is C18H20Cl2N2O3. The van der Waals surface area contributed by atoms with Crippen molar-refractivity contribution >= 4 is 34.9 Å². The maximum Gasteiger partial charge on any atom is 0.322 e. The lowest BCUT2D eigenvalue weighted by molar-refractivity contribution is 0.199. The molecule has 134 valence electrons. The minimum atomic E-state index is -0.271. The van der Waals surface area contributed by atoms with Crippen LogP contribution in [0.15, 0.2) is 42.5 Å². The summed E-state index contributed by atoms with van der Waals surface area (Å²) in [5.74, 6) is 0.657.